The summed E-state index contributed by atoms with van der Waals surface area (Å²) in [6.07, 6.45) is 3.97. The molecule has 0 saturated carbocycles. The van der Waals surface area contributed by atoms with Crippen LogP contribution in [-0.2, 0) is 9.59 Å². The zero-order valence-corrected chi connectivity index (χ0v) is 10.5. The zero-order valence-electron chi connectivity index (χ0n) is 10.5. The van der Waals surface area contributed by atoms with E-state index in [1.807, 2.05) is 13.8 Å². The number of nitrogens with one attached hydrogen (secondary N) is 1. The van der Waals surface area contributed by atoms with Gasteiger partial charge in [-0.25, -0.2) is 4.79 Å². The molecule has 0 bridgehead atoms. The van der Waals surface area contributed by atoms with Crippen molar-refractivity contribution in [3.8, 4) is 0 Å². The molecule has 2 N–H and O–H groups in total. The number of hydrogen-bond acceptors (Lipinski definition) is 2. The standard InChI is InChI=1S/C12H23NO3/c1-4-7-9(8-5-2)11(14)13-10(6-3)12(15)16/h9-10H,4-8H2,1-3H3,(H,13,14)(H,15,16)/t10-/m1/s1. The van der Waals surface area contributed by atoms with Gasteiger partial charge in [0, 0.05) is 5.92 Å². The Kier molecular flexibility index (Phi) is 7.60. The number of carbonyl (C=O) groups is 2. The molecule has 0 heterocycles. The van der Waals surface area contributed by atoms with Crippen molar-refractivity contribution in [2.75, 3.05) is 0 Å². The van der Waals surface area contributed by atoms with Crippen molar-refractivity contribution >= 4 is 11.9 Å². The molecule has 0 saturated heterocycles. The van der Waals surface area contributed by atoms with Gasteiger partial charge in [-0.05, 0) is 19.3 Å². The largest absolute Gasteiger partial charge is 0.480 e. The van der Waals surface area contributed by atoms with Crippen molar-refractivity contribution in [1.82, 2.24) is 5.32 Å². The number of rotatable bonds is 8. The lowest BCUT2D eigenvalue weighted by atomic mass is 9.97. The summed E-state index contributed by atoms with van der Waals surface area (Å²) in [5.41, 5.74) is 0. The first kappa shape index (κ1) is 14.9. The van der Waals surface area contributed by atoms with E-state index < -0.39 is 12.0 Å². The van der Waals surface area contributed by atoms with Crippen LogP contribution in [0.4, 0.5) is 0 Å². The summed E-state index contributed by atoms with van der Waals surface area (Å²) < 4.78 is 0. The average Bonchev–Trinajstić information content (AvgIpc) is 2.24. The van der Waals surface area contributed by atoms with Gasteiger partial charge in [-0.2, -0.15) is 0 Å². The molecule has 0 aliphatic heterocycles. The Morgan fingerprint density at radius 1 is 1.12 bits per heavy atom. The minimum atomic E-state index is -0.956. The van der Waals surface area contributed by atoms with Crippen molar-refractivity contribution in [2.45, 2.75) is 58.9 Å². The third kappa shape index (κ3) is 5.14. The number of hydrogen-bond donors (Lipinski definition) is 2. The summed E-state index contributed by atoms with van der Waals surface area (Å²) in [5, 5.41) is 11.4. The van der Waals surface area contributed by atoms with Crippen LogP contribution >= 0.6 is 0 Å². The van der Waals surface area contributed by atoms with Crippen LogP contribution in [0.1, 0.15) is 52.9 Å². The lowest BCUT2D eigenvalue weighted by molar-refractivity contribution is -0.142. The Morgan fingerprint density at radius 2 is 1.62 bits per heavy atom. The normalized spacial score (nSPS) is 12.5. The highest BCUT2D eigenvalue weighted by Crippen LogP contribution is 2.14. The molecule has 0 aromatic carbocycles. The smallest absolute Gasteiger partial charge is 0.326 e. The molecule has 4 nitrogen and oxygen atoms in total. The average molecular weight is 229 g/mol. The Hall–Kier alpha value is -1.06. The van der Waals surface area contributed by atoms with Crippen LogP contribution in [0.2, 0.25) is 0 Å². The minimum Gasteiger partial charge on any atom is -0.480 e. The second-order valence-corrected chi connectivity index (χ2v) is 4.08. The third-order valence-corrected chi connectivity index (χ3v) is 2.67. The number of aliphatic carboxylic acids is 1. The van der Waals surface area contributed by atoms with Crippen LogP contribution in [-0.4, -0.2) is 23.0 Å². The number of carboxylic acids is 1. The van der Waals surface area contributed by atoms with Gasteiger partial charge < -0.3 is 10.4 Å². The van der Waals surface area contributed by atoms with Gasteiger partial charge in [0.25, 0.3) is 0 Å². The van der Waals surface area contributed by atoms with Crippen molar-refractivity contribution < 1.29 is 14.7 Å². The highest BCUT2D eigenvalue weighted by Gasteiger charge is 2.22. The number of carbonyl (C=O) groups excluding carboxylic acids is 1. The fourth-order valence-corrected chi connectivity index (χ4v) is 1.73. The molecular weight excluding hydrogens is 206 g/mol. The fraction of sp³-hybridized carbons (Fsp3) is 0.833. The van der Waals surface area contributed by atoms with E-state index in [0.717, 1.165) is 25.7 Å². The topological polar surface area (TPSA) is 66.4 Å². The van der Waals surface area contributed by atoms with E-state index in [9.17, 15) is 9.59 Å². The Bertz CT molecular complexity index is 222. The molecule has 0 aromatic heterocycles. The molecule has 0 rings (SSSR count). The summed E-state index contributed by atoms with van der Waals surface area (Å²) in [4.78, 5) is 22.6. The fourth-order valence-electron chi connectivity index (χ4n) is 1.73. The van der Waals surface area contributed by atoms with Crippen LogP contribution < -0.4 is 5.32 Å². The van der Waals surface area contributed by atoms with Crippen LogP contribution in [0.3, 0.4) is 0 Å². The number of amides is 1. The quantitative estimate of drug-likeness (QED) is 0.670. The monoisotopic (exact) mass is 229 g/mol. The molecule has 16 heavy (non-hydrogen) atoms. The SMILES string of the molecule is CCCC(CCC)C(=O)N[C@H](CC)C(=O)O. The van der Waals surface area contributed by atoms with E-state index in [2.05, 4.69) is 5.32 Å². The van der Waals surface area contributed by atoms with Gasteiger partial charge in [-0.3, -0.25) is 4.79 Å². The highest BCUT2D eigenvalue weighted by molar-refractivity contribution is 5.84. The van der Waals surface area contributed by atoms with Gasteiger partial charge in [0.05, 0.1) is 0 Å². The molecule has 94 valence electrons. The first-order valence-electron chi connectivity index (χ1n) is 6.09. The zero-order chi connectivity index (χ0) is 12.6. The molecule has 0 unspecified atom stereocenters. The molecule has 0 fully saturated rings. The second-order valence-electron chi connectivity index (χ2n) is 4.08. The first-order chi connectivity index (χ1) is 7.56. The van der Waals surface area contributed by atoms with Crippen LogP contribution in [0.15, 0.2) is 0 Å². The summed E-state index contributed by atoms with van der Waals surface area (Å²) >= 11 is 0. The summed E-state index contributed by atoms with van der Waals surface area (Å²) in [6.45, 7) is 5.82. The van der Waals surface area contributed by atoms with Gasteiger partial charge in [0.1, 0.15) is 6.04 Å². The molecule has 1 atom stereocenters. The molecule has 0 aliphatic carbocycles. The lowest BCUT2D eigenvalue weighted by Gasteiger charge is -2.18. The highest BCUT2D eigenvalue weighted by atomic mass is 16.4. The van der Waals surface area contributed by atoms with Crippen molar-refractivity contribution in [3.05, 3.63) is 0 Å². The molecule has 1 amide bonds. The maximum Gasteiger partial charge on any atom is 0.326 e. The van der Waals surface area contributed by atoms with E-state index in [4.69, 9.17) is 5.11 Å². The van der Waals surface area contributed by atoms with Gasteiger partial charge in [0.15, 0.2) is 0 Å². The number of carboxylic acid groups (broad SMARTS) is 1. The van der Waals surface area contributed by atoms with E-state index in [-0.39, 0.29) is 11.8 Å². The van der Waals surface area contributed by atoms with E-state index in [1.54, 1.807) is 6.92 Å². The van der Waals surface area contributed by atoms with Gasteiger partial charge in [-0.1, -0.05) is 33.6 Å². The molecule has 0 spiro atoms. The molecular formula is C12H23NO3. The van der Waals surface area contributed by atoms with Gasteiger partial charge in [0.2, 0.25) is 5.91 Å². The third-order valence-electron chi connectivity index (χ3n) is 2.67. The van der Waals surface area contributed by atoms with Crippen molar-refractivity contribution in [2.24, 2.45) is 5.92 Å². The van der Waals surface area contributed by atoms with Gasteiger partial charge >= 0.3 is 5.97 Å². The van der Waals surface area contributed by atoms with Crippen molar-refractivity contribution in [1.29, 1.82) is 0 Å². The van der Waals surface area contributed by atoms with E-state index in [0.29, 0.717) is 6.42 Å². The van der Waals surface area contributed by atoms with Crippen LogP contribution in [0.5, 0.6) is 0 Å². The summed E-state index contributed by atoms with van der Waals surface area (Å²) in [7, 11) is 0. The Morgan fingerprint density at radius 3 is 1.94 bits per heavy atom. The summed E-state index contributed by atoms with van der Waals surface area (Å²) in [5.74, 6) is -1.11. The van der Waals surface area contributed by atoms with E-state index >= 15 is 0 Å². The second kappa shape index (κ2) is 8.13. The predicted octanol–water partition coefficient (Wildman–Crippen LogP) is 2.18. The Labute approximate surface area is 97.4 Å². The van der Waals surface area contributed by atoms with Gasteiger partial charge in [-0.15, -0.1) is 0 Å². The minimum absolute atomic E-state index is 0.0385. The maximum absolute atomic E-state index is 11.8. The van der Waals surface area contributed by atoms with Crippen molar-refractivity contribution in [3.63, 3.8) is 0 Å². The first-order valence-corrected chi connectivity index (χ1v) is 6.09. The molecule has 0 aromatic rings. The van der Waals surface area contributed by atoms with Crippen LogP contribution in [0, 0.1) is 5.92 Å². The Balaban J connectivity index is 4.32. The maximum atomic E-state index is 11.8. The van der Waals surface area contributed by atoms with Crippen LogP contribution in [0.25, 0.3) is 0 Å². The lowest BCUT2D eigenvalue weighted by Crippen LogP contribution is -2.43. The molecule has 0 aliphatic rings. The predicted molar refractivity (Wildman–Crippen MR) is 63.2 cm³/mol. The molecule has 4 heteroatoms. The molecule has 0 radical (unpaired) electrons. The van der Waals surface area contributed by atoms with E-state index in [1.165, 1.54) is 0 Å². The summed E-state index contributed by atoms with van der Waals surface area (Å²) in [6, 6.07) is -0.747.